The molecule has 0 N–H and O–H groups in total. The second kappa shape index (κ2) is 8.24. The molecule has 2 heterocycles. The van der Waals surface area contributed by atoms with Crippen LogP contribution in [0.3, 0.4) is 0 Å². The van der Waals surface area contributed by atoms with Crippen molar-refractivity contribution in [1.29, 1.82) is 0 Å². The van der Waals surface area contributed by atoms with Crippen LogP contribution < -0.4 is 32.8 Å². The van der Waals surface area contributed by atoms with Crippen LogP contribution in [0.15, 0.2) is 146 Å². The van der Waals surface area contributed by atoms with Gasteiger partial charge in [0.2, 0.25) is 13.4 Å². The van der Waals surface area contributed by atoms with Gasteiger partial charge in [-0.1, -0.05) is 166 Å². The maximum Gasteiger partial charge on any atom is 0.242 e. The van der Waals surface area contributed by atoms with Crippen LogP contribution in [0.25, 0.3) is 54.6 Å². The lowest BCUT2D eigenvalue weighted by Gasteiger charge is -2.32. The van der Waals surface area contributed by atoms with Crippen molar-refractivity contribution < 1.29 is 0 Å². The summed E-state index contributed by atoms with van der Waals surface area (Å²) < 4.78 is 0. The highest BCUT2D eigenvalue weighted by Crippen LogP contribution is 2.44. The summed E-state index contributed by atoms with van der Waals surface area (Å²) in [5.41, 5.74) is 13.8. The maximum atomic E-state index is 2.48. The van der Waals surface area contributed by atoms with Gasteiger partial charge in [0.15, 0.2) is 0 Å². The number of rotatable bonds is 2. The van der Waals surface area contributed by atoms with Crippen LogP contribution >= 0.6 is 0 Å². The molecule has 8 aromatic carbocycles. The molecule has 190 valence electrons. The van der Waals surface area contributed by atoms with Crippen molar-refractivity contribution >= 4 is 78.5 Å². The van der Waals surface area contributed by atoms with Crippen LogP contribution in [0.2, 0.25) is 0 Å². The fraction of sp³-hybridized carbons (Fsp3) is 0. The first-order valence-electron chi connectivity index (χ1n) is 14.9. The zero-order valence-electron chi connectivity index (χ0n) is 23.0. The zero-order valence-corrected chi connectivity index (χ0v) is 23.0. The van der Waals surface area contributed by atoms with Crippen LogP contribution in [-0.4, -0.2) is 13.4 Å². The van der Waals surface area contributed by atoms with Gasteiger partial charge >= 0.3 is 0 Å². The SMILES string of the molecule is c1ccc(B2c3ccccc3-c3cc4ccc5c6c(cc7ccc2c3c7c46)-c2ccccc2B5c2ccccc2)cc1. The summed E-state index contributed by atoms with van der Waals surface area (Å²) in [6.45, 7) is 0.424. The topological polar surface area (TPSA) is 0 Å². The second-order valence-electron chi connectivity index (χ2n) is 12.0. The molecule has 0 unspecified atom stereocenters. The Hall–Kier alpha value is -5.07. The molecular weight excluding hydrogens is 502 g/mol. The van der Waals surface area contributed by atoms with E-state index in [0.717, 1.165) is 0 Å². The van der Waals surface area contributed by atoms with Gasteiger partial charge < -0.3 is 0 Å². The standard InChI is InChI=1S/C40H24B2/c1-3-11-27(12-4-1)41-33-17-9-7-15-29(33)31-23-26-20-22-36-40-32(24-25-19-21-35(41)39(31)37(25)38(26)40)30-16-8-10-18-34(30)42(36)28-13-5-2-6-14-28/h1-24H. The molecule has 8 aromatic rings. The van der Waals surface area contributed by atoms with E-state index in [4.69, 9.17) is 0 Å². The molecule has 2 aliphatic rings. The molecule has 0 bridgehead atoms. The van der Waals surface area contributed by atoms with Crippen molar-refractivity contribution in [1.82, 2.24) is 0 Å². The average molecular weight is 526 g/mol. The first kappa shape index (κ1) is 22.6. The predicted molar refractivity (Wildman–Crippen MR) is 183 cm³/mol. The molecule has 0 aromatic heterocycles. The Bertz CT molecular complexity index is 2190. The minimum atomic E-state index is 0.212. The van der Waals surface area contributed by atoms with E-state index in [1.165, 1.54) is 87.3 Å². The summed E-state index contributed by atoms with van der Waals surface area (Å²) in [6.07, 6.45) is 0. The van der Waals surface area contributed by atoms with E-state index < -0.39 is 0 Å². The molecule has 0 spiro atoms. The largest absolute Gasteiger partial charge is 0.242 e. The van der Waals surface area contributed by atoms with Gasteiger partial charge in [0.25, 0.3) is 0 Å². The van der Waals surface area contributed by atoms with Gasteiger partial charge in [0.05, 0.1) is 0 Å². The van der Waals surface area contributed by atoms with Crippen molar-refractivity contribution in [2.75, 3.05) is 0 Å². The van der Waals surface area contributed by atoms with Gasteiger partial charge in [-0.2, -0.15) is 0 Å². The lowest BCUT2D eigenvalue weighted by atomic mass is 9.33. The van der Waals surface area contributed by atoms with Crippen LogP contribution in [0.1, 0.15) is 0 Å². The zero-order chi connectivity index (χ0) is 27.4. The monoisotopic (exact) mass is 526 g/mol. The summed E-state index contributed by atoms with van der Waals surface area (Å²) >= 11 is 0. The molecule has 42 heavy (non-hydrogen) atoms. The van der Waals surface area contributed by atoms with Gasteiger partial charge in [-0.05, 0) is 66.7 Å². The van der Waals surface area contributed by atoms with Crippen molar-refractivity contribution in [3.8, 4) is 22.3 Å². The highest BCUT2D eigenvalue weighted by Gasteiger charge is 2.36. The Morgan fingerprint density at radius 2 is 0.690 bits per heavy atom. The number of fused-ring (bicyclic) bond motifs is 4. The number of hydrogen-bond acceptors (Lipinski definition) is 0. The molecular formula is C40H24B2. The summed E-state index contributed by atoms with van der Waals surface area (Å²) in [7, 11) is 0. The van der Waals surface area contributed by atoms with Crippen molar-refractivity contribution in [2.24, 2.45) is 0 Å². The third kappa shape index (κ3) is 2.84. The molecule has 0 atom stereocenters. The normalized spacial score (nSPS) is 13.1. The predicted octanol–water partition coefficient (Wildman–Crippen LogP) is 5.58. The quantitative estimate of drug-likeness (QED) is 0.204. The first-order valence-corrected chi connectivity index (χ1v) is 14.9. The summed E-state index contributed by atoms with van der Waals surface area (Å²) in [5.74, 6) is 0. The average Bonchev–Trinajstić information content (AvgIpc) is 3.06. The number of benzene rings is 8. The Labute approximate surface area is 245 Å². The third-order valence-corrected chi connectivity index (χ3v) is 9.94. The third-order valence-electron chi connectivity index (χ3n) is 9.94. The van der Waals surface area contributed by atoms with E-state index in [1.807, 2.05) is 0 Å². The van der Waals surface area contributed by atoms with E-state index in [0.29, 0.717) is 0 Å². The molecule has 10 rings (SSSR count). The highest BCUT2D eigenvalue weighted by molar-refractivity contribution is 6.99. The summed E-state index contributed by atoms with van der Waals surface area (Å²) in [4.78, 5) is 0. The molecule has 0 saturated carbocycles. The van der Waals surface area contributed by atoms with Crippen LogP contribution in [0.4, 0.5) is 0 Å². The lowest BCUT2D eigenvalue weighted by Crippen LogP contribution is -2.55. The lowest BCUT2D eigenvalue weighted by molar-refractivity contribution is 1.66. The van der Waals surface area contributed by atoms with Crippen molar-refractivity contribution in [2.45, 2.75) is 0 Å². The molecule has 0 amide bonds. The van der Waals surface area contributed by atoms with Crippen molar-refractivity contribution in [3.63, 3.8) is 0 Å². The Morgan fingerprint density at radius 3 is 1.14 bits per heavy atom. The molecule has 2 heteroatoms. The van der Waals surface area contributed by atoms with Crippen LogP contribution in [0.5, 0.6) is 0 Å². The van der Waals surface area contributed by atoms with E-state index in [9.17, 15) is 0 Å². The molecule has 0 aliphatic carbocycles. The van der Waals surface area contributed by atoms with Crippen molar-refractivity contribution in [3.05, 3.63) is 146 Å². The molecule has 2 aliphatic heterocycles. The van der Waals surface area contributed by atoms with E-state index >= 15 is 0 Å². The molecule has 0 fully saturated rings. The van der Waals surface area contributed by atoms with Gasteiger partial charge in [0.1, 0.15) is 0 Å². The van der Waals surface area contributed by atoms with E-state index in [-0.39, 0.29) is 13.4 Å². The van der Waals surface area contributed by atoms with Crippen LogP contribution in [-0.2, 0) is 0 Å². The van der Waals surface area contributed by atoms with Gasteiger partial charge in [-0.25, -0.2) is 0 Å². The number of hydrogen-bond donors (Lipinski definition) is 0. The van der Waals surface area contributed by atoms with Gasteiger partial charge in [-0.3, -0.25) is 0 Å². The summed E-state index contributed by atoms with van der Waals surface area (Å²) in [5, 5.41) is 8.35. The van der Waals surface area contributed by atoms with E-state index in [1.54, 1.807) is 0 Å². The summed E-state index contributed by atoms with van der Waals surface area (Å²) in [6, 6.07) is 54.8. The minimum Gasteiger partial charge on any atom is -0.0686 e. The molecule has 0 radical (unpaired) electrons. The maximum absolute atomic E-state index is 2.48. The Kier molecular flexibility index (Phi) is 4.43. The highest BCUT2D eigenvalue weighted by atomic mass is 14.3. The van der Waals surface area contributed by atoms with E-state index in [2.05, 4.69) is 146 Å². The van der Waals surface area contributed by atoms with Crippen LogP contribution in [0, 0.1) is 0 Å². The molecule has 0 saturated heterocycles. The first-order chi connectivity index (χ1) is 20.9. The minimum absolute atomic E-state index is 0.212. The fourth-order valence-electron chi connectivity index (χ4n) is 8.32. The smallest absolute Gasteiger partial charge is 0.0686 e. The fourth-order valence-corrected chi connectivity index (χ4v) is 8.32. The Morgan fingerprint density at radius 1 is 0.286 bits per heavy atom. The Balaban J connectivity index is 1.39. The molecule has 0 nitrogen and oxygen atoms in total. The van der Waals surface area contributed by atoms with Gasteiger partial charge in [-0.15, -0.1) is 0 Å². The van der Waals surface area contributed by atoms with Gasteiger partial charge in [0, 0.05) is 0 Å². The second-order valence-corrected chi connectivity index (χ2v) is 12.0.